The van der Waals surface area contributed by atoms with Crippen molar-refractivity contribution in [3.8, 4) is 0 Å². The van der Waals surface area contributed by atoms with E-state index in [1.165, 1.54) is 0 Å². The molecule has 3 N–H and O–H groups in total. The van der Waals surface area contributed by atoms with Gasteiger partial charge in [-0.15, -0.1) is 0 Å². The van der Waals surface area contributed by atoms with Crippen molar-refractivity contribution in [1.29, 1.82) is 0 Å². The number of hydrogen-bond donors (Lipinski definition) is 2. The zero-order valence-electron chi connectivity index (χ0n) is 14.5. The van der Waals surface area contributed by atoms with Crippen LogP contribution in [-0.2, 0) is 16.0 Å². The molecule has 5 nitrogen and oxygen atoms in total. The summed E-state index contributed by atoms with van der Waals surface area (Å²) >= 11 is 5.85. The van der Waals surface area contributed by atoms with Crippen LogP contribution >= 0.6 is 11.6 Å². The molecule has 0 spiro atoms. The topological polar surface area (TPSA) is 75.4 Å². The molecule has 2 aromatic rings. The fraction of sp³-hybridized carbons (Fsp3) is 0.300. The highest BCUT2D eigenvalue weighted by Crippen LogP contribution is 2.24. The predicted molar refractivity (Wildman–Crippen MR) is 104 cm³/mol. The van der Waals surface area contributed by atoms with Crippen molar-refractivity contribution in [2.75, 3.05) is 23.3 Å². The van der Waals surface area contributed by atoms with E-state index in [-0.39, 0.29) is 17.7 Å². The Kier molecular flexibility index (Phi) is 5.78. The van der Waals surface area contributed by atoms with Gasteiger partial charge in [0.1, 0.15) is 0 Å². The fourth-order valence-electron chi connectivity index (χ4n) is 3.17. The molecule has 3 rings (SSSR count). The minimum Gasteiger partial charge on any atom is -0.371 e. The molecule has 2 aromatic carbocycles. The summed E-state index contributed by atoms with van der Waals surface area (Å²) in [5.41, 5.74) is 8.14. The Morgan fingerprint density at radius 2 is 1.65 bits per heavy atom. The number of carbonyl (C=O) groups is 2. The standard InChI is InChI=1S/C20H22ClN3O2/c21-16-3-1-14(2-4-16)13-19(25)23-17-5-7-18(8-6-17)24-11-9-15(10-12-24)20(22)26/h1-8,15H,9-13H2,(H2,22,26)(H,23,25). The van der Waals surface area contributed by atoms with E-state index in [2.05, 4.69) is 10.2 Å². The summed E-state index contributed by atoms with van der Waals surface area (Å²) in [4.78, 5) is 25.6. The van der Waals surface area contributed by atoms with Crippen LogP contribution in [0.4, 0.5) is 11.4 Å². The van der Waals surface area contributed by atoms with Crippen LogP contribution in [0.2, 0.25) is 5.02 Å². The molecule has 1 aliphatic rings. The Labute approximate surface area is 158 Å². The smallest absolute Gasteiger partial charge is 0.228 e. The molecule has 0 unspecified atom stereocenters. The molecular weight excluding hydrogens is 350 g/mol. The number of rotatable bonds is 5. The first kappa shape index (κ1) is 18.3. The van der Waals surface area contributed by atoms with E-state index in [0.717, 1.165) is 42.9 Å². The number of halogens is 1. The second-order valence-electron chi connectivity index (χ2n) is 6.56. The van der Waals surface area contributed by atoms with E-state index in [1.807, 2.05) is 36.4 Å². The van der Waals surface area contributed by atoms with Gasteiger partial charge in [-0.05, 0) is 54.8 Å². The number of hydrogen-bond acceptors (Lipinski definition) is 3. The van der Waals surface area contributed by atoms with Gasteiger partial charge in [-0.1, -0.05) is 23.7 Å². The summed E-state index contributed by atoms with van der Waals surface area (Å²) in [6.07, 6.45) is 1.88. The first-order valence-corrected chi connectivity index (χ1v) is 9.07. The third-order valence-corrected chi connectivity index (χ3v) is 4.94. The largest absolute Gasteiger partial charge is 0.371 e. The number of nitrogens with two attached hydrogens (primary N) is 1. The molecule has 6 heteroatoms. The van der Waals surface area contributed by atoms with Crippen LogP contribution < -0.4 is 16.0 Å². The first-order chi connectivity index (χ1) is 12.5. The van der Waals surface area contributed by atoms with Gasteiger partial charge >= 0.3 is 0 Å². The predicted octanol–water partition coefficient (Wildman–Crippen LogP) is 3.22. The SMILES string of the molecule is NC(=O)C1CCN(c2ccc(NC(=O)Cc3ccc(Cl)cc3)cc2)CC1. The van der Waals surface area contributed by atoms with Crippen molar-refractivity contribution in [1.82, 2.24) is 0 Å². The summed E-state index contributed by atoms with van der Waals surface area (Å²) in [5, 5.41) is 3.56. The van der Waals surface area contributed by atoms with Crippen molar-refractivity contribution >= 4 is 34.8 Å². The van der Waals surface area contributed by atoms with Gasteiger partial charge in [-0.2, -0.15) is 0 Å². The van der Waals surface area contributed by atoms with Gasteiger partial charge in [-0.3, -0.25) is 9.59 Å². The van der Waals surface area contributed by atoms with Gasteiger partial charge < -0.3 is 16.0 Å². The van der Waals surface area contributed by atoms with E-state index in [1.54, 1.807) is 12.1 Å². The molecule has 1 heterocycles. The lowest BCUT2D eigenvalue weighted by atomic mass is 9.96. The number of anilines is 2. The van der Waals surface area contributed by atoms with Crippen molar-refractivity contribution in [3.63, 3.8) is 0 Å². The summed E-state index contributed by atoms with van der Waals surface area (Å²) in [6, 6.07) is 15.0. The minimum atomic E-state index is -0.205. The molecular formula is C20H22ClN3O2. The number of benzene rings is 2. The van der Waals surface area contributed by atoms with E-state index in [0.29, 0.717) is 11.4 Å². The zero-order valence-corrected chi connectivity index (χ0v) is 15.2. The molecule has 0 saturated carbocycles. The van der Waals surface area contributed by atoms with Crippen LogP contribution in [0.3, 0.4) is 0 Å². The molecule has 136 valence electrons. The highest BCUT2D eigenvalue weighted by atomic mass is 35.5. The highest BCUT2D eigenvalue weighted by Gasteiger charge is 2.23. The fourth-order valence-corrected chi connectivity index (χ4v) is 3.30. The van der Waals surface area contributed by atoms with Gasteiger partial charge in [0.2, 0.25) is 11.8 Å². The molecule has 26 heavy (non-hydrogen) atoms. The van der Waals surface area contributed by atoms with Crippen molar-refractivity contribution in [2.24, 2.45) is 11.7 Å². The van der Waals surface area contributed by atoms with Gasteiger partial charge in [0.05, 0.1) is 6.42 Å². The summed E-state index contributed by atoms with van der Waals surface area (Å²) in [7, 11) is 0. The zero-order chi connectivity index (χ0) is 18.5. The number of nitrogens with one attached hydrogen (secondary N) is 1. The molecule has 0 bridgehead atoms. The number of primary amides is 1. The second-order valence-corrected chi connectivity index (χ2v) is 7.00. The van der Waals surface area contributed by atoms with Crippen LogP contribution in [-0.4, -0.2) is 24.9 Å². The maximum absolute atomic E-state index is 12.2. The Morgan fingerprint density at radius 1 is 1.04 bits per heavy atom. The summed E-state index contributed by atoms with van der Waals surface area (Å²) < 4.78 is 0. The van der Waals surface area contributed by atoms with Crippen LogP contribution in [0.15, 0.2) is 48.5 Å². The number of piperidine rings is 1. The lowest BCUT2D eigenvalue weighted by Crippen LogP contribution is -2.38. The van der Waals surface area contributed by atoms with Gasteiger partial charge in [-0.25, -0.2) is 0 Å². The van der Waals surface area contributed by atoms with Gasteiger partial charge in [0, 0.05) is 35.4 Å². The first-order valence-electron chi connectivity index (χ1n) is 8.70. The van der Waals surface area contributed by atoms with E-state index < -0.39 is 0 Å². The number of carbonyl (C=O) groups excluding carboxylic acids is 2. The lowest BCUT2D eigenvalue weighted by molar-refractivity contribution is -0.122. The Balaban J connectivity index is 1.53. The third kappa shape index (κ3) is 4.76. The van der Waals surface area contributed by atoms with Crippen molar-refractivity contribution < 1.29 is 9.59 Å². The van der Waals surface area contributed by atoms with E-state index in [4.69, 9.17) is 17.3 Å². The molecule has 0 aromatic heterocycles. The minimum absolute atomic E-state index is 0.0160. The highest BCUT2D eigenvalue weighted by molar-refractivity contribution is 6.30. The average Bonchev–Trinajstić information content (AvgIpc) is 2.64. The molecule has 0 aliphatic carbocycles. The van der Waals surface area contributed by atoms with Gasteiger partial charge in [0.25, 0.3) is 0 Å². The normalized spacial score (nSPS) is 14.9. The van der Waals surface area contributed by atoms with E-state index >= 15 is 0 Å². The molecule has 1 aliphatic heterocycles. The molecule has 2 amide bonds. The van der Waals surface area contributed by atoms with E-state index in [9.17, 15) is 9.59 Å². The lowest BCUT2D eigenvalue weighted by Gasteiger charge is -2.32. The molecule has 1 fully saturated rings. The van der Waals surface area contributed by atoms with Crippen LogP contribution in [0.5, 0.6) is 0 Å². The third-order valence-electron chi connectivity index (χ3n) is 4.69. The van der Waals surface area contributed by atoms with Gasteiger partial charge in [0.15, 0.2) is 0 Å². The monoisotopic (exact) mass is 371 g/mol. The van der Waals surface area contributed by atoms with Crippen molar-refractivity contribution in [2.45, 2.75) is 19.3 Å². The molecule has 0 radical (unpaired) electrons. The maximum Gasteiger partial charge on any atom is 0.228 e. The van der Waals surface area contributed by atoms with Crippen molar-refractivity contribution in [3.05, 3.63) is 59.1 Å². The van der Waals surface area contributed by atoms with Crippen LogP contribution in [0.1, 0.15) is 18.4 Å². The maximum atomic E-state index is 12.2. The Morgan fingerprint density at radius 3 is 2.23 bits per heavy atom. The quantitative estimate of drug-likeness (QED) is 0.847. The summed E-state index contributed by atoms with van der Waals surface area (Å²) in [5.74, 6) is -0.288. The van der Waals surface area contributed by atoms with Crippen LogP contribution in [0, 0.1) is 5.92 Å². The number of nitrogens with zero attached hydrogens (tertiary/aromatic N) is 1. The second kappa shape index (κ2) is 8.23. The molecule has 0 atom stereocenters. The van der Waals surface area contributed by atoms with Crippen LogP contribution in [0.25, 0.3) is 0 Å². The Hall–Kier alpha value is -2.53. The average molecular weight is 372 g/mol. The Bertz CT molecular complexity index is 767. The number of amides is 2. The summed E-state index contributed by atoms with van der Waals surface area (Å²) in [6.45, 7) is 1.63. The molecule has 1 saturated heterocycles.